The van der Waals surface area contributed by atoms with Crippen molar-refractivity contribution in [2.45, 2.75) is 61.3 Å². The molecule has 0 aromatic heterocycles. The van der Waals surface area contributed by atoms with E-state index in [1.54, 1.807) is 0 Å². The van der Waals surface area contributed by atoms with Crippen molar-refractivity contribution in [3.05, 3.63) is 11.1 Å². The van der Waals surface area contributed by atoms with Crippen LogP contribution in [0.15, 0.2) is 11.1 Å². The molecule has 1 fully saturated rings. The lowest BCUT2D eigenvalue weighted by Gasteiger charge is -2.36. The maximum Gasteiger partial charge on any atom is 0.335 e. The first-order chi connectivity index (χ1) is 11.0. The monoisotopic (exact) mass is 336 g/mol. The Bertz CT molecular complexity index is 556. The van der Waals surface area contributed by atoms with Crippen LogP contribution in [-0.2, 0) is 19.1 Å². The maximum atomic E-state index is 12.8. The van der Waals surface area contributed by atoms with Crippen LogP contribution in [0.2, 0.25) is 0 Å². The molecule has 1 saturated carbocycles. The molecule has 0 heterocycles. The summed E-state index contributed by atoms with van der Waals surface area (Å²) in [5.74, 6) is -0.0539. The third-order valence-corrected chi connectivity index (χ3v) is 5.92. The minimum absolute atomic E-state index is 0.0729. The molecule has 0 aliphatic heterocycles. The summed E-state index contributed by atoms with van der Waals surface area (Å²) in [5, 5.41) is 0. The van der Waals surface area contributed by atoms with Gasteiger partial charge < -0.3 is 9.47 Å². The molecule has 0 N–H and O–H groups in total. The van der Waals surface area contributed by atoms with Crippen LogP contribution < -0.4 is 0 Å². The van der Waals surface area contributed by atoms with Gasteiger partial charge in [-0.2, -0.15) is 0 Å². The molecule has 0 amide bonds. The lowest BCUT2D eigenvalue weighted by atomic mass is 9.67. The van der Waals surface area contributed by atoms with Gasteiger partial charge in [0.1, 0.15) is 0 Å². The Morgan fingerprint density at radius 3 is 2.00 bits per heavy atom. The van der Waals surface area contributed by atoms with Gasteiger partial charge in [-0.25, -0.2) is 9.59 Å². The zero-order valence-corrected chi connectivity index (χ0v) is 16.2. The van der Waals surface area contributed by atoms with Gasteiger partial charge in [-0.15, -0.1) is 0 Å². The molecular formula is C20H32O4. The Morgan fingerprint density at radius 2 is 1.50 bits per heavy atom. The number of carbonyl (C=O) groups excluding carboxylic acids is 2. The van der Waals surface area contributed by atoms with Crippen molar-refractivity contribution in [1.29, 1.82) is 0 Å². The highest BCUT2D eigenvalue weighted by Crippen LogP contribution is 2.68. The zero-order chi connectivity index (χ0) is 18.3. The average Bonchev–Trinajstić information content (AvgIpc) is 2.81. The predicted molar refractivity (Wildman–Crippen MR) is 93.2 cm³/mol. The highest BCUT2D eigenvalue weighted by atomic mass is 16.5. The Morgan fingerprint density at radius 1 is 1.00 bits per heavy atom. The summed E-state index contributed by atoms with van der Waals surface area (Å²) in [6.45, 7) is 15.2. The number of fused-ring (bicyclic) bond motifs is 2. The van der Waals surface area contributed by atoms with Crippen molar-refractivity contribution < 1.29 is 19.1 Å². The largest absolute Gasteiger partial charge is 0.462 e. The van der Waals surface area contributed by atoms with Gasteiger partial charge in [-0.3, -0.25) is 0 Å². The molecule has 0 aromatic rings. The highest BCUT2D eigenvalue weighted by Gasteiger charge is 2.64. The fourth-order valence-corrected chi connectivity index (χ4v) is 4.14. The summed E-state index contributed by atoms with van der Waals surface area (Å²) >= 11 is 0. The lowest BCUT2D eigenvalue weighted by Crippen LogP contribution is -2.33. The van der Waals surface area contributed by atoms with Crippen LogP contribution in [-0.4, -0.2) is 25.2 Å². The minimum Gasteiger partial charge on any atom is -0.462 e. The molecule has 2 atom stereocenters. The Kier molecular flexibility index (Phi) is 5.17. The van der Waals surface area contributed by atoms with Gasteiger partial charge in [0.15, 0.2) is 0 Å². The van der Waals surface area contributed by atoms with Crippen LogP contribution in [0.3, 0.4) is 0 Å². The zero-order valence-electron chi connectivity index (χ0n) is 16.2. The van der Waals surface area contributed by atoms with Crippen LogP contribution >= 0.6 is 0 Å². The number of esters is 2. The summed E-state index contributed by atoms with van der Waals surface area (Å²) in [7, 11) is 0. The second-order valence-corrected chi connectivity index (χ2v) is 8.92. The smallest absolute Gasteiger partial charge is 0.335 e. The number of hydrogen-bond donors (Lipinski definition) is 0. The average molecular weight is 336 g/mol. The minimum atomic E-state index is -0.335. The molecule has 0 spiro atoms. The van der Waals surface area contributed by atoms with Gasteiger partial charge in [0.2, 0.25) is 0 Å². The van der Waals surface area contributed by atoms with Crippen molar-refractivity contribution >= 4 is 11.9 Å². The van der Waals surface area contributed by atoms with E-state index in [2.05, 4.69) is 20.8 Å². The second kappa shape index (κ2) is 6.53. The van der Waals surface area contributed by atoms with E-state index in [9.17, 15) is 9.59 Å². The first-order valence-electron chi connectivity index (χ1n) is 9.11. The van der Waals surface area contributed by atoms with Crippen LogP contribution in [0.1, 0.15) is 61.3 Å². The van der Waals surface area contributed by atoms with E-state index in [-0.39, 0.29) is 40.5 Å². The quantitative estimate of drug-likeness (QED) is 0.684. The molecule has 4 heteroatoms. The van der Waals surface area contributed by atoms with E-state index in [1.165, 1.54) is 0 Å². The Hall–Kier alpha value is -1.32. The first kappa shape index (κ1) is 19.0. The standard InChI is InChI=1S/C20H32O4/c1-12(2)10-23-17(21)15-14-8-9-20(7,19(14,5)6)16(15)18(22)24-11-13(3)4/h12-14H,8-11H2,1-7H3. The van der Waals surface area contributed by atoms with Crippen LogP contribution in [0.25, 0.3) is 0 Å². The number of hydrogen-bond acceptors (Lipinski definition) is 4. The molecule has 0 radical (unpaired) electrons. The van der Waals surface area contributed by atoms with Crippen molar-refractivity contribution in [1.82, 2.24) is 0 Å². The van der Waals surface area contributed by atoms with E-state index in [1.807, 2.05) is 27.7 Å². The third-order valence-electron chi connectivity index (χ3n) is 5.92. The van der Waals surface area contributed by atoms with Crippen molar-refractivity contribution in [3.63, 3.8) is 0 Å². The molecule has 24 heavy (non-hydrogen) atoms. The summed E-state index contributed by atoms with van der Waals surface area (Å²) in [5.41, 5.74) is 0.685. The molecule has 0 saturated heterocycles. The van der Waals surface area contributed by atoms with Gasteiger partial charge in [-0.05, 0) is 36.0 Å². The third kappa shape index (κ3) is 3.00. The van der Waals surface area contributed by atoms with Crippen LogP contribution in [0, 0.1) is 28.6 Å². The summed E-state index contributed by atoms with van der Waals surface area (Å²) in [6.07, 6.45) is 1.84. The van der Waals surface area contributed by atoms with Crippen molar-refractivity contribution in [2.75, 3.05) is 13.2 Å². The molecule has 2 aliphatic rings. The van der Waals surface area contributed by atoms with Gasteiger partial charge >= 0.3 is 11.9 Å². The molecule has 2 unspecified atom stereocenters. The number of ether oxygens (including phenoxy) is 2. The van der Waals surface area contributed by atoms with Gasteiger partial charge in [0.05, 0.1) is 24.4 Å². The Labute approximate surface area is 146 Å². The maximum absolute atomic E-state index is 12.8. The van der Waals surface area contributed by atoms with Gasteiger partial charge in [0, 0.05) is 5.41 Å². The fourth-order valence-electron chi connectivity index (χ4n) is 4.14. The fraction of sp³-hybridized carbons (Fsp3) is 0.800. The highest BCUT2D eigenvalue weighted by molar-refractivity contribution is 6.03. The molecule has 2 aliphatic carbocycles. The van der Waals surface area contributed by atoms with E-state index in [4.69, 9.17) is 9.47 Å². The van der Waals surface area contributed by atoms with Crippen LogP contribution in [0.5, 0.6) is 0 Å². The molecule has 0 aromatic carbocycles. The van der Waals surface area contributed by atoms with E-state index in [0.717, 1.165) is 12.8 Å². The van der Waals surface area contributed by atoms with Crippen molar-refractivity contribution in [3.8, 4) is 0 Å². The van der Waals surface area contributed by atoms with E-state index in [0.29, 0.717) is 24.4 Å². The van der Waals surface area contributed by atoms with Crippen molar-refractivity contribution in [2.24, 2.45) is 28.6 Å². The first-order valence-corrected chi connectivity index (χ1v) is 9.11. The summed E-state index contributed by atoms with van der Waals surface area (Å²) in [4.78, 5) is 25.5. The lowest BCUT2D eigenvalue weighted by molar-refractivity contribution is -0.144. The van der Waals surface area contributed by atoms with Gasteiger partial charge in [-0.1, -0.05) is 48.5 Å². The summed E-state index contributed by atoms with van der Waals surface area (Å²) < 4.78 is 11.0. The molecule has 2 bridgehead atoms. The normalized spacial score (nSPS) is 28.0. The predicted octanol–water partition coefficient (Wildman–Crippen LogP) is 4.14. The second-order valence-electron chi connectivity index (χ2n) is 8.92. The number of rotatable bonds is 6. The molecule has 4 nitrogen and oxygen atoms in total. The molecule has 2 rings (SSSR count). The SMILES string of the molecule is CC(C)COC(=O)C1=C(C(=O)OCC(C)C)C2(C)CCC1C2(C)C. The van der Waals surface area contributed by atoms with Crippen LogP contribution in [0.4, 0.5) is 0 Å². The van der Waals surface area contributed by atoms with Gasteiger partial charge in [0.25, 0.3) is 0 Å². The topological polar surface area (TPSA) is 52.6 Å². The summed E-state index contributed by atoms with van der Waals surface area (Å²) in [6, 6.07) is 0. The number of carbonyl (C=O) groups is 2. The van der Waals surface area contributed by atoms with E-state index < -0.39 is 0 Å². The Balaban J connectivity index is 2.37. The molecular weight excluding hydrogens is 304 g/mol. The molecule has 136 valence electrons. The van der Waals surface area contributed by atoms with E-state index >= 15 is 0 Å².